The molecule has 0 fully saturated rings. The summed E-state index contributed by atoms with van der Waals surface area (Å²) in [4.78, 5) is 19.9. The van der Waals surface area contributed by atoms with Crippen molar-refractivity contribution in [3.05, 3.63) is 28.6 Å². The molecular weight excluding hydrogens is 448 g/mol. The molecule has 0 radical (unpaired) electrons. The first-order valence-electron chi connectivity index (χ1n) is 12.3. The van der Waals surface area contributed by atoms with Crippen molar-refractivity contribution in [1.82, 2.24) is 30.2 Å². The molecule has 0 aliphatic heterocycles. The van der Waals surface area contributed by atoms with Crippen LogP contribution in [0.2, 0.25) is 0 Å². The molecule has 3 heterocycles. The maximum atomic E-state index is 10.6. The predicted octanol–water partition coefficient (Wildman–Crippen LogP) is 4.44. The Hall–Kier alpha value is -3.43. The van der Waals surface area contributed by atoms with Gasteiger partial charge in [0.1, 0.15) is 0 Å². The Morgan fingerprint density at radius 2 is 2.11 bits per heavy atom. The van der Waals surface area contributed by atoms with Gasteiger partial charge in [0, 0.05) is 35.5 Å². The Labute approximate surface area is 205 Å². The van der Waals surface area contributed by atoms with Crippen LogP contribution in [0, 0.1) is 12.3 Å². The zero-order chi connectivity index (χ0) is 25.2. The largest absolute Gasteiger partial charge is 0.477 e. The van der Waals surface area contributed by atoms with Crippen LogP contribution in [0.3, 0.4) is 0 Å². The topological polar surface area (TPSA) is 128 Å². The van der Waals surface area contributed by atoms with Gasteiger partial charge >= 0.3 is 6.09 Å². The van der Waals surface area contributed by atoms with Crippen molar-refractivity contribution in [3.8, 4) is 28.9 Å². The van der Waals surface area contributed by atoms with Crippen LogP contribution >= 0.6 is 0 Å². The smallest absolute Gasteiger partial charge is 0.404 e. The third kappa shape index (κ3) is 5.31. The molecule has 1 aliphatic rings. The first-order valence-corrected chi connectivity index (χ1v) is 12.3. The van der Waals surface area contributed by atoms with E-state index in [1.54, 1.807) is 0 Å². The highest BCUT2D eigenvalue weighted by Crippen LogP contribution is 2.39. The number of carboxylic acid groups (broad SMARTS) is 1. The van der Waals surface area contributed by atoms with Crippen LogP contribution in [0.1, 0.15) is 63.1 Å². The number of aryl methyl sites for hydroxylation is 3. The number of aromatic nitrogens is 5. The number of amides is 1. The van der Waals surface area contributed by atoms with E-state index in [1.165, 1.54) is 11.3 Å². The lowest BCUT2D eigenvalue weighted by Gasteiger charge is -2.30. The van der Waals surface area contributed by atoms with Crippen LogP contribution in [0.25, 0.3) is 23.0 Å². The van der Waals surface area contributed by atoms with E-state index in [9.17, 15) is 4.79 Å². The second-order valence-electron chi connectivity index (χ2n) is 9.73. The molecule has 3 aromatic rings. The second kappa shape index (κ2) is 10.1. The molecule has 2 N–H and O–H groups in total. The molecule has 0 atom stereocenters. The molecule has 0 unspecified atom stereocenters. The number of pyridine rings is 1. The van der Waals surface area contributed by atoms with E-state index in [1.807, 2.05) is 19.9 Å². The fraction of sp³-hybridized carbons (Fsp3) is 0.560. The average Bonchev–Trinajstić information content (AvgIpc) is 3.42. The van der Waals surface area contributed by atoms with Gasteiger partial charge in [0.25, 0.3) is 5.89 Å². The van der Waals surface area contributed by atoms with Crippen molar-refractivity contribution in [1.29, 1.82) is 0 Å². The summed E-state index contributed by atoms with van der Waals surface area (Å²) in [6, 6.07) is 1.99. The quantitative estimate of drug-likeness (QED) is 0.429. The maximum Gasteiger partial charge on any atom is 0.404 e. The number of hydrogen-bond donors (Lipinski definition) is 2. The van der Waals surface area contributed by atoms with Crippen LogP contribution in [0.5, 0.6) is 5.88 Å². The SMILES string of the molecule is CCc1cc(-c2noc(-c3nn(CC)c4c3CCC(C)(C)C4)n2)c(C)nc1OCCCNC(=O)O. The fourth-order valence-electron chi connectivity index (χ4n) is 4.53. The van der Waals surface area contributed by atoms with E-state index >= 15 is 0 Å². The molecule has 0 saturated heterocycles. The zero-order valence-corrected chi connectivity index (χ0v) is 21.1. The molecule has 35 heavy (non-hydrogen) atoms. The van der Waals surface area contributed by atoms with Gasteiger partial charge in [-0.2, -0.15) is 10.1 Å². The van der Waals surface area contributed by atoms with Crippen molar-refractivity contribution in [3.63, 3.8) is 0 Å². The molecule has 10 heteroatoms. The Bertz CT molecular complexity index is 1210. The maximum absolute atomic E-state index is 10.6. The van der Waals surface area contributed by atoms with Gasteiger partial charge in [-0.05, 0) is 57.4 Å². The van der Waals surface area contributed by atoms with Gasteiger partial charge in [-0.25, -0.2) is 9.78 Å². The van der Waals surface area contributed by atoms with Crippen molar-refractivity contribution >= 4 is 6.09 Å². The first kappa shape index (κ1) is 24.7. The number of nitrogens with one attached hydrogen (secondary N) is 1. The van der Waals surface area contributed by atoms with E-state index in [2.05, 4.69) is 40.9 Å². The van der Waals surface area contributed by atoms with Crippen LogP contribution in [0.4, 0.5) is 4.79 Å². The molecule has 0 bridgehead atoms. The van der Waals surface area contributed by atoms with Crippen molar-refractivity contribution in [2.24, 2.45) is 5.41 Å². The van der Waals surface area contributed by atoms with Crippen LogP contribution < -0.4 is 10.1 Å². The lowest BCUT2D eigenvalue weighted by Crippen LogP contribution is -2.24. The number of nitrogens with zero attached hydrogens (tertiary/aromatic N) is 5. The van der Waals surface area contributed by atoms with E-state index in [-0.39, 0.29) is 5.41 Å². The number of hydrogen-bond acceptors (Lipinski definition) is 7. The first-order chi connectivity index (χ1) is 16.7. The molecule has 3 aromatic heterocycles. The Kier molecular flexibility index (Phi) is 7.09. The minimum absolute atomic E-state index is 0.257. The third-order valence-corrected chi connectivity index (χ3v) is 6.50. The lowest BCUT2D eigenvalue weighted by atomic mass is 9.76. The molecule has 10 nitrogen and oxygen atoms in total. The van der Waals surface area contributed by atoms with E-state index in [4.69, 9.17) is 24.4 Å². The Balaban J connectivity index is 1.57. The molecule has 1 amide bonds. The molecule has 4 rings (SSSR count). The van der Waals surface area contributed by atoms with Crippen LogP contribution in [0.15, 0.2) is 10.6 Å². The highest BCUT2D eigenvalue weighted by Gasteiger charge is 2.32. The summed E-state index contributed by atoms with van der Waals surface area (Å²) in [5.41, 5.74) is 5.98. The van der Waals surface area contributed by atoms with Crippen molar-refractivity contribution < 1.29 is 19.2 Å². The molecule has 0 aromatic carbocycles. The van der Waals surface area contributed by atoms with Crippen molar-refractivity contribution in [2.75, 3.05) is 13.2 Å². The molecule has 1 aliphatic carbocycles. The number of ether oxygens (including phenoxy) is 1. The molecular formula is C25H34N6O4. The van der Waals surface area contributed by atoms with Gasteiger partial charge in [0.05, 0.1) is 12.3 Å². The van der Waals surface area contributed by atoms with Crippen molar-refractivity contribution in [2.45, 2.75) is 73.3 Å². The summed E-state index contributed by atoms with van der Waals surface area (Å²) < 4.78 is 13.6. The van der Waals surface area contributed by atoms with Gasteiger partial charge < -0.3 is 19.7 Å². The normalized spacial score (nSPS) is 14.5. The van der Waals surface area contributed by atoms with Gasteiger partial charge in [0.2, 0.25) is 11.7 Å². The van der Waals surface area contributed by atoms with Crippen LogP contribution in [-0.2, 0) is 25.8 Å². The van der Waals surface area contributed by atoms with Gasteiger partial charge in [-0.15, -0.1) is 0 Å². The summed E-state index contributed by atoms with van der Waals surface area (Å²) in [5.74, 6) is 1.46. The van der Waals surface area contributed by atoms with Crippen LogP contribution in [-0.4, -0.2) is 49.3 Å². The molecule has 188 valence electrons. The Morgan fingerprint density at radius 3 is 2.83 bits per heavy atom. The van der Waals surface area contributed by atoms with Gasteiger partial charge in [-0.1, -0.05) is 25.9 Å². The predicted molar refractivity (Wildman–Crippen MR) is 130 cm³/mol. The van der Waals surface area contributed by atoms with E-state index in [0.29, 0.717) is 37.2 Å². The highest BCUT2D eigenvalue weighted by atomic mass is 16.5. The summed E-state index contributed by atoms with van der Waals surface area (Å²) in [7, 11) is 0. The number of carbonyl (C=O) groups is 1. The van der Waals surface area contributed by atoms with Gasteiger partial charge in [-0.3, -0.25) is 4.68 Å². The Morgan fingerprint density at radius 1 is 1.31 bits per heavy atom. The molecule has 0 saturated carbocycles. The standard InChI is InChI=1S/C25H34N6O4/c1-6-16-13-18(15(3)27-22(16)34-12-8-11-26-24(32)33)21-28-23(35-30-21)20-17-9-10-25(4,5)14-19(17)31(7-2)29-20/h13,26H,6-12,14H2,1-5H3,(H,32,33). The average molecular weight is 483 g/mol. The third-order valence-electron chi connectivity index (χ3n) is 6.50. The summed E-state index contributed by atoms with van der Waals surface area (Å²) in [5, 5.41) is 20.1. The summed E-state index contributed by atoms with van der Waals surface area (Å²) in [6.45, 7) is 12.1. The van der Waals surface area contributed by atoms with E-state index < -0.39 is 6.09 Å². The minimum atomic E-state index is -1.04. The number of rotatable bonds is 9. The fourth-order valence-corrected chi connectivity index (χ4v) is 4.53. The number of fused-ring (bicyclic) bond motifs is 1. The zero-order valence-electron chi connectivity index (χ0n) is 21.1. The minimum Gasteiger partial charge on any atom is -0.477 e. The lowest BCUT2D eigenvalue weighted by molar-refractivity contribution is 0.193. The van der Waals surface area contributed by atoms with E-state index in [0.717, 1.165) is 54.7 Å². The summed E-state index contributed by atoms with van der Waals surface area (Å²) >= 11 is 0. The highest BCUT2D eigenvalue weighted by molar-refractivity contribution is 5.64. The molecule has 0 spiro atoms. The monoisotopic (exact) mass is 482 g/mol. The second-order valence-corrected chi connectivity index (χ2v) is 9.73. The van der Waals surface area contributed by atoms with Gasteiger partial charge in [0.15, 0.2) is 5.69 Å². The summed E-state index contributed by atoms with van der Waals surface area (Å²) in [6.07, 6.45) is 3.27.